The lowest BCUT2D eigenvalue weighted by molar-refractivity contribution is -0.0893. The first kappa shape index (κ1) is 21.6. The van der Waals surface area contributed by atoms with E-state index in [0.29, 0.717) is 0 Å². The van der Waals surface area contributed by atoms with Crippen LogP contribution in [0.1, 0.15) is 27.7 Å². The van der Waals surface area contributed by atoms with Gasteiger partial charge < -0.3 is 9.76 Å². The van der Waals surface area contributed by atoms with E-state index < -0.39 is 11.2 Å². The minimum absolute atomic E-state index is 0.730. The Balaban J connectivity index is 1.58. The number of hydrogen-bond acceptors (Lipinski definition) is 4. The predicted molar refractivity (Wildman–Crippen MR) is 137 cm³/mol. The van der Waals surface area contributed by atoms with E-state index in [0.717, 1.165) is 38.5 Å². The summed E-state index contributed by atoms with van der Waals surface area (Å²) in [5, 5.41) is 14.9. The van der Waals surface area contributed by atoms with Crippen molar-refractivity contribution in [3.63, 3.8) is 0 Å². The second-order valence-corrected chi connectivity index (χ2v) is 9.47. The van der Waals surface area contributed by atoms with Gasteiger partial charge in [-0.1, -0.05) is 78.3 Å². The van der Waals surface area contributed by atoms with Gasteiger partial charge in [-0.15, -0.1) is 0 Å². The van der Waals surface area contributed by atoms with Gasteiger partial charge in [-0.05, 0) is 38.5 Å². The summed E-state index contributed by atoms with van der Waals surface area (Å²) in [5.74, 6) is 0. The Bertz CT molecular complexity index is 1450. The zero-order valence-electron chi connectivity index (χ0n) is 19.3. The van der Waals surface area contributed by atoms with E-state index in [1.165, 1.54) is 10.8 Å². The normalized spacial score (nSPS) is 12.5. The van der Waals surface area contributed by atoms with Gasteiger partial charge in [-0.25, -0.2) is 4.98 Å². The number of fused-ring (bicyclic) bond motifs is 6. The summed E-state index contributed by atoms with van der Waals surface area (Å²) in [7, 11) is 1.69. The van der Waals surface area contributed by atoms with Gasteiger partial charge in [0, 0.05) is 16.3 Å². The van der Waals surface area contributed by atoms with Gasteiger partial charge in [0.25, 0.3) is 0 Å². The lowest BCUT2D eigenvalue weighted by Crippen LogP contribution is -2.49. The van der Waals surface area contributed by atoms with Crippen molar-refractivity contribution in [2.75, 3.05) is 0 Å². The molecule has 1 N–H and O–H groups in total. The number of rotatable bonds is 5. The van der Waals surface area contributed by atoms with E-state index >= 15 is 0 Å². The Morgan fingerprint density at radius 2 is 1.36 bits per heavy atom. The summed E-state index contributed by atoms with van der Waals surface area (Å²) in [4.78, 5) is 9.90. The van der Waals surface area contributed by atoms with Gasteiger partial charge >= 0.3 is 7.48 Å². The highest BCUT2D eigenvalue weighted by atomic mass is 16.5. The third kappa shape index (κ3) is 3.88. The second-order valence-electron chi connectivity index (χ2n) is 9.47. The third-order valence-corrected chi connectivity index (χ3v) is 6.57. The first-order chi connectivity index (χ1) is 15.7. The molecule has 0 saturated carbocycles. The molecule has 0 atom stereocenters. The lowest BCUT2D eigenvalue weighted by atomic mass is 9.82. The maximum absolute atomic E-state index is 10.4. The molecule has 0 bridgehead atoms. The Labute approximate surface area is 194 Å². The van der Waals surface area contributed by atoms with Crippen molar-refractivity contribution in [2.45, 2.75) is 38.9 Å². The highest BCUT2D eigenvalue weighted by molar-refractivity contribution is 6.47. The molecule has 0 fully saturated rings. The molecular formula is C28H26BN2O2. The Hall–Kier alpha value is -3.28. The van der Waals surface area contributed by atoms with E-state index in [9.17, 15) is 5.11 Å². The van der Waals surface area contributed by atoms with Crippen LogP contribution >= 0.6 is 0 Å². The minimum atomic E-state index is -0.977. The summed E-state index contributed by atoms with van der Waals surface area (Å²) in [5.41, 5.74) is 2.76. The zero-order chi connectivity index (χ0) is 23.2. The molecule has 0 aliphatic carbocycles. The Kier molecular flexibility index (Phi) is 5.19. The standard InChI is InChI=1S/C28H26BN2O2/c1-27(2,32)28(3,4)33-29-19-11-9-10-18(16-19)24-17-30-25-22-14-7-5-12-20(22)21-13-6-8-15-23(21)26(25)31-24/h5-17,32H,1-4H3. The average Bonchev–Trinajstić information content (AvgIpc) is 2.82. The van der Waals surface area contributed by atoms with Crippen LogP contribution in [0.2, 0.25) is 0 Å². The monoisotopic (exact) mass is 433 g/mol. The molecule has 4 aromatic carbocycles. The molecule has 5 rings (SSSR count). The molecule has 163 valence electrons. The largest absolute Gasteiger partial charge is 0.427 e. The van der Waals surface area contributed by atoms with Crippen LogP contribution in [0, 0.1) is 0 Å². The molecule has 5 aromatic rings. The van der Waals surface area contributed by atoms with Crippen molar-refractivity contribution in [2.24, 2.45) is 0 Å². The average molecular weight is 433 g/mol. The van der Waals surface area contributed by atoms with Crippen LogP contribution < -0.4 is 5.46 Å². The fraction of sp³-hybridized carbons (Fsp3) is 0.214. The maximum atomic E-state index is 10.4. The van der Waals surface area contributed by atoms with E-state index in [-0.39, 0.29) is 0 Å². The quantitative estimate of drug-likeness (QED) is 0.297. The van der Waals surface area contributed by atoms with Crippen LogP contribution in [0.25, 0.3) is 43.8 Å². The molecule has 0 aliphatic heterocycles. The molecular weight excluding hydrogens is 407 g/mol. The molecule has 0 saturated heterocycles. The molecule has 0 amide bonds. The third-order valence-electron chi connectivity index (χ3n) is 6.57. The molecule has 1 radical (unpaired) electrons. The van der Waals surface area contributed by atoms with E-state index in [1.807, 2.05) is 56.4 Å². The first-order valence-electron chi connectivity index (χ1n) is 11.1. The van der Waals surface area contributed by atoms with Crippen LogP contribution in [0.3, 0.4) is 0 Å². The van der Waals surface area contributed by atoms with Crippen molar-refractivity contribution < 1.29 is 9.76 Å². The van der Waals surface area contributed by atoms with Crippen LogP contribution in [0.15, 0.2) is 79.0 Å². The van der Waals surface area contributed by atoms with Crippen molar-refractivity contribution in [3.05, 3.63) is 79.0 Å². The highest BCUT2D eigenvalue weighted by Crippen LogP contribution is 2.33. The minimum Gasteiger partial charge on any atom is -0.427 e. The zero-order valence-corrected chi connectivity index (χ0v) is 19.3. The van der Waals surface area contributed by atoms with E-state index in [2.05, 4.69) is 36.4 Å². The van der Waals surface area contributed by atoms with E-state index in [4.69, 9.17) is 14.6 Å². The van der Waals surface area contributed by atoms with Crippen molar-refractivity contribution >= 4 is 45.5 Å². The van der Waals surface area contributed by atoms with Gasteiger partial charge in [0.2, 0.25) is 0 Å². The summed E-state index contributed by atoms with van der Waals surface area (Å²) >= 11 is 0. The highest BCUT2D eigenvalue weighted by Gasteiger charge is 2.35. The topological polar surface area (TPSA) is 55.2 Å². The van der Waals surface area contributed by atoms with Crippen LogP contribution in [-0.4, -0.2) is 33.8 Å². The summed E-state index contributed by atoms with van der Waals surface area (Å²) in [6.07, 6.45) is 1.84. The van der Waals surface area contributed by atoms with E-state index in [1.54, 1.807) is 21.3 Å². The molecule has 33 heavy (non-hydrogen) atoms. The molecule has 0 spiro atoms. The SMILES string of the molecule is CC(C)(O)C(C)(C)O[B]c1cccc(-c2cnc3c4ccccc4c4ccccc4c3n2)c1. The molecule has 0 unspecified atom stereocenters. The van der Waals surface area contributed by atoms with Crippen LogP contribution in [0.4, 0.5) is 0 Å². The lowest BCUT2D eigenvalue weighted by Gasteiger charge is -2.37. The number of benzene rings is 4. The molecule has 0 aliphatic rings. The van der Waals surface area contributed by atoms with Crippen LogP contribution in [0.5, 0.6) is 0 Å². The summed E-state index contributed by atoms with van der Waals surface area (Å²) in [6, 6.07) is 24.7. The molecule has 5 heteroatoms. The molecule has 1 heterocycles. The van der Waals surface area contributed by atoms with Gasteiger partial charge in [-0.3, -0.25) is 4.98 Å². The Morgan fingerprint density at radius 3 is 2.00 bits per heavy atom. The first-order valence-corrected chi connectivity index (χ1v) is 11.1. The maximum Gasteiger partial charge on any atom is 0.330 e. The van der Waals surface area contributed by atoms with Gasteiger partial charge in [0.05, 0.1) is 34.1 Å². The molecule has 4 nitrogen and oxygen atoms in total. The fourth-order valence-corrected chi connectivity index (χ4v) is 3.89. The van der Waals surface area contributed by atoms with Gasteiger partial charge in [0.15, 0.2) is 0 Å². The summed E-state index contributed by atoms with van der Waals surface area (Å²) < 4.78 is 5.94. The molecule has 1 aromatic heterocycles. The summed E-state index contributed by atoms with van der Waals surface area (Å²) in [6.45, 7) is 7.24. The smallest absolute Gasteiger partial charge is 0.330 e. The van der Waals surface area contributed by atoms with Crippen molar-refractivity contribution in [1.82, 2.24) is 9.97 Å². The van der Waals surface area contributed by atoms with Crippen LogP contribution in [-0.2, 0) is 4.65 Å². The predicted octanol–water partition coefficient (Wildman–Crippen LogP) is 5.41. The van der Waals surface area contributed by atoms with Gasteiger partial charge in [0.1, 0.15) is 0 Å². The fourth-order valence-electron chi connectivity index (χ4n) is 3.89. The number of aliphatic hydroxyl groups is 1. The van der Waals surface area contributed by atoms with Gasteiger partial charge in [-0.2, -0.15) is 0 Å². The van der Waals surface area contributed by atoms with Crippen molar-refractivity contribution in [3.8, 4) is 11.3 Å². The van der Waals surface area contributed by atoms with Crippen molar-refractivity contribution in [1.29, 1.82) is 0 Å². The number of hydrogen-bond donors (Lipinski definition) is 1. The number of nitrogens with zero attached hydrogens (tertiary/aromatic N) is 2. The number of aromatic nitrogens is 2. The Morgan fingerprint density at radius 1 is 0.758 bits per heavy atom. The second kappa shape index (κ2) is 7.94.